The monoisotopic (exact) mass is 288 g/mol. The molecule has 1 fully saturated rings. The summed E-state index contributed by atoms with van der Waals surface area (Å²) < 4.78 is 12.0. The van der Waals surface area contributed by atoms with E-state index in [-0.39, 0.29) is 5.69 Å². The summed E-state index contributed by atoms with van der Waals surface area (Å²) in [6.45, 7) is 7.90. The lowest BCUT2D eigenvalue weighted by Gasteiger charge is -2.32. The lowest BCUT2D eigenvalue weighted by molar-refractivity contribution is 0.00578. The van der Waals surface area contributed by atoms with Gasteiger partial charge in [0.2, 0.25) is 0 Å². The number of nitrogens with zero attached hydrogens (tertiary/aromatic N) is 1. The molecule has 0 bridgehead atoms. The van der Waals surface area contributed by atoms with E-state index < -0.39 is 24.3 Å². The summed E-state index contributed by atoms with van der Waals surface area (Å²) in [6, 6.07) is 5.36. The summed E-state index contributed by atoms with van der Waals surface area (Å²) in [5, 5.41) is 16.3. The molecular weight excluding hydrogens is 271 g/mol. The van der Waals surface area contributed by atoms with Gasteiger partial charge in [0.25, 0.3) is 0 Å². The second-order valence-corrected chi connectivity index (χ2v) is 6.24. The first-order chi connectivity index (χ1) is 9.73. The van der Waals surface area contributed by atoms with Crippen molar-refractivity contribution in [2.45, 2.75) is 38.9 Å². The van der Waals surface area contributed by atoms with Crippen LogP contribution in [0.5, 0.6) is 0 Å². The third-order valence-corrected chi connectivity index (χ3v) is 4.34. The summed E-state index contributed by atoms with van der Waals surface area (Å²) in [5.74, 6) is -1.06. The molecule has 1 aromatic carbocycles. The Morgan fingerprint density at radius 2 is 1.86 bits per heavy atom. The Morgan fingerprint density at radius 3 is 2.43 bits per heavy atom. The molecule has 0 unspecified atom stereocenters. The highest BCUT2D eigenvalue weighted by Gasteiger charge is 2.52. The molecule has 2 N–H and O–H groups in total. The molecule has 2 heterocycles. The number of hydrogen-bond acceptors (Lipinski definition) is 4. The first kappa shape index (κ1) is 14.1. The zero-order valence-electron chi connectivity index (χ0n) is 12.4. The van der Waals surface area contributed by atoms with Crippen molar-refractivity contribution in [3.8, 4) is 0 Å². The summed E-state index contributed by atoms with van der Waals surface area (Å²) in [5.41, 5.74) is 0.494. The number of fused-ring (bicyclic) bond motifs is 1. The molecule has 110 valence electrons. The van der Waals surface area contributed by atoms with Crippen molar-refractivity contribution < 1.29 is 19.2 Å². The number of rotatable bonds is 2. The number of carbonyl (C=O) groups is 1. The number of nitrogens with one attached hydrogen (secondary N) is 1. The van der Waals surface area contributed by atoms with E-state index in [1.807, 2.05) is 33.8 Å². The van der Waals surface area contributed by atoms with Gasteiger partial charge in [-0.3, -0.25) is 5.10 Å². The third-order valence-electron chi connectivity index (χ3n) is 4.34. The van der Waals surface area contributed by atoms with E-state index in [0.29, 0.717) is 10.9 Å². The minimum absolute atomic E-state index is 0.00312. The number of H-pyrrole nitrogens is 1. The highest BCUT2D eigenvalue weighted by Crippen LogP contribution is 2.36. The van der Waals surface area contributed by atoms with Gasteiger partial charge < -0.3 is 14.4 Å². The Labute approximate surface area is 122 Å². The Morgan fingerprint density at radius 1 is 1.24 bits per heavy atom. The molecule has 2 aromatic rings. The van der Waals surface area contributed by atoms with E-state index in [1.54, 1.807) is 12.1 Å². The van der Waals surface area contributed by atoms with Crippen LogP contribution in [0, 0.1) is 0 Å². The molecule has 0 aliphatic carbocycles. The van der Waals surface area contributed by atoms with E-state index in [2.05, 4.69) is 10.2 Å². The van der Waals surface area contributed by atoms with Gasteiger partial charge >= 0.3 is 13.1 Å². The summed E-state index contributed by atoms with van der Waals surface area (Å²) in [6.07, 6.45) is 0. The van der Waals surface area contributed by atoms with Gasteiger partial charge in [-0.1, -0.05) is 18.2 Å². The first-order valence-electron chi connectivity index (χ1n) is 6.79. The molecule has 0 radical (unpaired) electrons. The van der Waals surface area contributed by atoms with E-state index in [0.717, 1.165) is 5.46 Å². The minimum Gasteiger partial charge on any atom is -0.476 e. The van der Waals surface area contributed by atoms with Crippen LogP contribution in [0.2, 0.25) is 0 Å². The maximum Gasteiger partial charge on any atom is 0.497 e. The Bertz CT molecular complexity index is 707. The van der Waals surface area contributed by atoms with Gasteiger partial charge in [-0.15, -0.1) is 0 Å². The molecule has 7 heteroatoms. The summed E-state index contributed by atoms with van der Waals surface area (Å²) >= 11 is 0. The fraction of sp³-hybridized carbons (Fsp3) is 0.429. The first-order valence-corrected chi connectivity index (χ1v) is 6.79. The van der Waals surface area contributed by atoms with E-state index in [1.165, 1.54) is 0 Å². The number of carboxylic acids is 1. The van der Waals surface area contributed by atoms with Crippen molar-refractivity contribution >= 4 is 29.5 Å². The molecule has 21 heavy (non-hydrogen) atoms. The smallest absolute Gasteiger partial charge is 0.476 e. The van der Waals surface area contributed by atoms with Crippen LogP contribution in [0.1, 0.15) is 38.2 Å². The van der Waals surface area contributed by atoms with E-state index in [9.17, 15) is 4.79 Å². The fourth-order valence-corrected chi connectivity index (χ4v) is 2.39. The lowest BCUT2D eigenvalue weighted by Crippen LogP contribution is -2.41. The van der Waals surface area contributed by atoms with Crippen molar-refractivity contribution in [1.82, 2.24) is 10.2 Å². The molecule has 1 aliphatic heterocycles. The normalized spacial score (nSPS) is 20.1. The van der Waals surface area contributed by atoms with Crippen molar-refractivity contribution in [1.29, 1.82) is 0 Å². The van der Waals surface area contributed by atoms with Crippen LogP contribution in [-0.4, -0.2) is 39.6 Å². The zero-order chi connectivity index (χ0) is 15.4. The number of aromatic amines is 1. The molecule has 1 aromatic heterocycles. The maximum atomic E-state index is 11.2. The number of hydrogen-bond donors (Lipinski definition) is 2. The number of carboxylic acid groups (broad SMARTS) is 1. The quantitative estimate of drug-likeness (QED) is 0.819. The standard InChI is InChI=1S/C14H17BN2O4/c1-13(2)14(3,4)21-15(20-13)9-7-5-6-8-10(9)16-17-11(8)12(18)19/h5-7H,1-4H3,(H,16,17)(H,18,19). The Kier molecular flexibility index (Phi) is 2.90. The largest absolute Gasteiger partial charge is 0.497 e. The predicted octanol–water partition coefficient (Wildman–Crippen LogP) is 1.56. The zero-order valence-corrected chi connectivity index (χ0v) is 12.4. The predicted molar refractivity (Wildman–Crippen MR) is 78.8 cm³/mol. The van der Waals surface area contributed by atoms with Gasteiger partial charge in [0.15, 0.2) is 5.69 Å². The van der Waals surface area contributed by atoms with Crippen LogP contribution in [0.3, 0.4) is 0 Å². The van der Waals surface area contributed by atoms with Gasteiger partial charge in [0.05, 0.1) is 16.7 Å². The van der Waals surface area contributed by atoms with E-state index in [4.69, 9.17) is 14.4 Å². The van der Waals surface area contributed by atoms with Crippen LogP contribution in [0.4, 0.5) is 0 Å². The van der Waals surface area contributed by atoms with Crippen molar-refractivity contribution in [2.75, 3.05) is 0 Å². The topological polar surface area (TPSA) is 84.4 Å². The molecule has 1 saturated heterocycles. The third kappa shape index (κ3) is 2.04. The number of aromatic carboxylic acids is 1. The highest BCUT2D eigenvalue weighted by atomic mass is 16.7. The number of aromatic nitrogens is 2. The van der Waals surface area contributed by atoms with Gasteiger partial charge in [0.1, 0.15) is 0 Å². The second-order valence-electron chi connectivity index (χ2n) is 6.24. The van der Waals surface area contributed by atoms with Gasteiger partial charge in [0, 0.05) is 10.8 Å². The maximum absolute atomic E-state index is 11.2. The van der Waals surface area contributed by atoms with Crippen molar-refractivity contribution in [3.05, 3.63) is 23.9 Å². The van der Waals surface area contributed by atoms with Gasteiger partial charge in [-0.25, -0.2) is 4.79 Å². The molecule has 3 rings (SSSR count). The van der Waals surface area contributed by atoms with Crippen LogP contribution in [-0.2, 0) is 9.31 Å². The van der Waals surface area contributed by atoms with Crippen molar-refractivity contribution in [2.24, 2.45) is 0 Å². The van der Waals surface area contributed by atoms with Gasteiger partial charge in [-0.2, -0.15) is 5.10 Å². The second kappa shape index (κ2) is 4.32. The lowest BCUT2D eigenvalue weighted by atomic mass is 9.78. The average molecular weight is 288 g/mol. The van der Waals surface area contributed by atoms with Gasteiger partial charge in [-0.05, 0) is 27.7 Å². The number of benzene rings is 1. The summed E-state index contributed by atoms with van der Waals surface area (Å²) in [4.78, 5) is 11.2. The van der Waals surface area contributed by atoms with E-state index >= 15 is 0 Å². The molecule has 0 spiro atoms. The molecule has 0 atom stereocenters. The molecular formula is C14H17BN2O4. The fourth-order valence-electron chi connectivity index (χ4n) is 2.39. The average Bonchev–Trinajstić information content (AvgIpc) is 2.88. The molecule has 1 aliphatic rings. The molecule has 0 amide bonds. The Balaban J connectivity index is 2.09. The van der Waals surface area contributed by atoms with Crippen LogP contribution >= 0.6 is 0 Å². The molecule has 6 nitrogen and oxygen atoms in total. The van der Waals surface area contributed by atoms with Crippen LogP contribution in [0.15, 0.2) is 18.2 Å². The Hall–Kier alpha value is -1.86. The minimum atomic E-state index is -1.06. The SMILES string of the molecule is CC1(C)OB(c2cccc3c(C(=O)O)n[nH]c23)OC1(C)C. The summed E-state index contributed by atoms with van der Waals surface area (Å²) in [7, 11) is -0.555. The number of para-hydroxylation sites is 1. The van der Waals surface area contributed by atoms with Crippen LogP contribution in [0.25, 0.3) is 10.9 Å². The van der Waals surface area contributed by atoms with Crippen molar-refractivity contribution in [3.63, 3.8) is 0 Å². The molecule has 0 saturated carbocycles. The van der Waals surface area contributed by atoms with Crippen LogP contribution < -0.4 is 5.46 Å². The highest BCUT2D eigenvalue weighted by molar-refractivity contribution is 6.65.